The molecule has 0 saturated carbocycles. The van der Waals surface area contributed by atoms with Gasteiger partial charge in [-0.05, 0) is 49.9 Å². The molecule has 1 aromatic rings. The fraction of sp³-hybridized carbons (Fsp3) is 0.625. The number of hydrogen-bond donors (Lipinski definition) is 1. The minimum atomic E-state index is 0.612. The summed E-state index contributed by atoms with van der Waals surface area (Å²) >= 11 is 0. The van der Waals surface area contributed by atoms with E-state index in [9.17, 15) is 0 Å². The van der Waals surface area contributed by atoms with Crippen molar-refractivity contribution in [2.45, 2.75) is 25.9 Å². The van der Waals surface area contributed by atoms with E-state index >= 15 is 0 Å². The zero-order chi connectivity index (χ0) is 14.4. The van der Waals surface area contributed by atoms with Crippen molar-refractivity contribution < 1.29 is 14.2 Å². The van der Waals surface area contributed by atoms with Gasteiger partial charge < -0.3 is 19.5 Å². The van der Waals surface area contributed by atoms with Crippen LogP contribution in [0.2, 0.25) is 0 Å². The van der Waals surface area contributed by atoms with Crippen molar-refractivity contribution in [1.82, 2.24) is 5.32 Å². The van der Waals surface area contributed by atoms with E-state index < -0.39 is 0 Å². The molecule has 0 aromatic heterocycles. The van der Waals surface area contributed by atoms with Crippen molar-refractivity contribution in [3.8, 4) is 11.5 Å². The third-order valence-corrected chi connectivity index (χ3v) is 4.00. The van der Waals surface area contributed by atoms with Gasteiger partial charge in [0.25, 0.3) is 0 Å². The van der Waals surface area contributed by atoms with E-state index in [-0.39, 0.29) is 0 Å². The first-order valence-electron chi connectivity index (χ1n) is 7.22. The van der Waals surface area contributed by atoms with E-state index in [0.717, 1.165) is 31.0 Å². The van der Waals surface area contributed by atoms with E-state index in [1.54, 1.807) is 21.3 Å². The van der Waals surface area contributed by atoms with Crippen molar-refractivity contribution in [2.24, 2.45) is 5.92 Å². The predicted molar refractivity (Wildman–Crippen MR) is 79.6 cm³/mol. The minimum Gasteiger partial charge on any atom is -0.493 e. The lowest BCUT2D eigenvalue weighted by Crippen LogP contribution is -2.29. The van der Waals surface area contributed by atoms with Crippen LogP contribution in [-0.4, -0.2) is 34.4 Å². The zero-order valence-corrected chi connectivity index (χ0v) is 12.7. The van der Waals surface area contributed by atoms with Gasteiger partial charge in [0.15, 0.2) is 11.5 Å². The van der Waals surface area contributed by atoms with Gasteiger partial charge in [-0.2, -0.15) is 0 Å². The maximum atomic E-state index is 5.60. The Labute approximate surface area is 121 Å². The van der Waals surface area contributed by atoms with Crippen molar-refractivity contribution in [1.29, 1.82) is 0 Å². The molecule has 1 aliphatic heterocycles. The molecule has 1 aromatic carbocycles. The molecule has 2 rings (SSSR count). The van der Waals surface area contributed by atoms with Crippen LogP contribution in [0.1, 0.15) is 24.0 Å². The highest BCUT2D eigenvalue weighted by Crippen LogP contribution is 2.36. The van der Waals surface area contributed by atoms with Gasteiger partial charge in [-0.15, -0.1) is 0 Å². The second-order valence-electron chi connectivity index (χ2n) is 5.27. The molecular weight excluding hydrogens is 254 g/mol. The second-order valence-corrected chi connectivity index (χ2v) is 5.27. The average molecular weight is 279 g/mol. The van der Waals surface area contributed by atoms with Gasteiger partial charge in [0.1, 0.15) is 0 Å². The standard InChI is InChI=1S/C16H25NO3/c1-18-11-13-4-5-15(19-2)16(20-3)14(13)10-12-6-8-17-9-7-12/h4-5,12,17H,6-11H2,1-3H3. The normalized spacial score (nSPS) is 16.1. The number of benzene rings is 1. The van der Waals surface area contributed by atoms with Crippen LogP contribution in [0.15, 0.2) is 12.1 Å². The molecule has 1 aliphatic rings. The van der Waals surface area contributed by atoms with Gasteiger partial charge in [-0.25, -0.2) is 0 Å². The molecule has 4 heteroatoms. The van der Waals surface area contributed by atoms with Crippen molar-refractivity contribution >= 4 is 0 Å². The van der Waals surface area contributed by atoms with Crippen LogP contribution in [-0.2, 0) is 17.8 Å². The Morgan fingerprint density at radius 1 is 1.10 bits per heavy atom. The summed E-state index contributed by atoms with van der Waals surface area (Å²) in [6, 6.07) is 4.04. The highest BCUT2D eigenvalue weighted by atomic mass is 16.5. The Morgan fingerprint density at radius 2 is 1.85 bits per heavy atom. The fourth-order valence-electron chi connectivity index (χ4n) is 2.92. The van der Waals surface area contributed by atoms with Crippen LogP contribution in [0.3, 0.4) is 0 Å². The van der Waals surface area contributed by atoms with Gasteiger partial charge in [0.2, 0.25) is 0 Å². The summed E-state index contributed by atoms with van der Waals surface area (Å²) in [5.74, 6) is 2.37. The molecule has 1 N–H and O–H groups in total. The Balaban J connectivity index is 2.29. The number of piperidine rings is 1. The molecule has 20 heavy (non-hydrogen) atoms. The Morgan fingerprint density at radius 3 is 2.45 bits per heavy atom. The Kier molecular flexibility index (Phi) is 5.68. The van der Waals surface area contributed by atoms with Crippen molar-refractivity contribution in [3.63, 3.8) is 0 Å². The van der Waals surface area contributed by atoms with E-state index in [4.69, 9.17) is 14.2 Å². The van der Waals surface area contributed by atoms with Crippen LogP contribution < -0.4 is 14.8 Å². The number of nitrogens with one attached hydrogen (secondary N) is 1. The third kappa shape index (κ3) is 3.44. The maximum absolute atomic E-state index is 5.60. The molecule has 1 saturated heterocycles. The molecule has 4 nitrogen and oxygen atoms in total. The molecular formula is C16H25NO3. The predicted octanol–water partition coefficient (Wildman–Crippen LogP) is 2.39. The van der Waals surface area contributed by atoms with Crippen LogP contribution in [0, 0.1) is 5.92 Å². The molecule has 0 radical (unpaired) electrons. The number of rotatable bonds is 6. The van der Waals surface area contributed by atoms with Crippen LogP contribution in [0.4, 0.5) is 0 Å². The first kappa shape index (κ1) is 15.1. The SMILES string of the molecule is COCc1ccc(OC)c(OC)c1CC1CCNCC1. The highest BCUT2D eigenvalue weighted by Gasteiger charge is 2.20. The van der Waals surface area contributed by atoms with Gasteiger partial charge in [-0.3, -0.25) is 0 Å². The van der Waals surface area contributed by atoms with Crippen molar-refractivity contribution in [2.75, 3.05) is 34.4 Å². The van der Waals surface area contributed by atoms with E-state index in [2.05, 4.69) is 11.4 Å². The van der Waals surface area contributed by atoms with E-state index in [1.165, 1.54) is 24.0 Å². The Hall–Kier alpha value is -1.26. The van der Waals surface area contributed by atoms with Gasteiger partial charge in [-0.1, -0.05) is 6.07 Å². The number of ether oxygens (including phenoxy) is 3. The van der Waals surface area contributed by atoms with Crippen LogP contribution in [0.25, 0.3) is 0 Å². The number of methoxy groups -OCH3 is 3. The topological polar surface area (TPSA) is 39.7 Å². The first-order chi connectivity index (χ1) is 9.80. The molecule has 1 heterocycles. The third-order valence-electron chi connectivity index (χ3n) is 4.00. The van der Waals surface area contributed by atoms with Gasteiger partial charge >= 0.3 is 0 Å². The monoisotopic (exact) mass is 279 g/mol. The van der Waals surface area contributed by atoms with Gasteiger partial charge in [0, 0.05) is 12.7 Å². The summed E-state index contributed by atoms with van der Waals surface area (Å²) in [7, 11) is 5.12. The fourth-order valence-corrected chi connectivity index (χ4v) is 2.92. The maximum Gasteiger partial charge on any atom is 0.164 e. The average Bonchev–Trinajstić information content (AvgIpc) is 2.49. The van der Waals surface area contributed by atoms with Crippen molar-refractivity contribution in [3.05, 3.63) is 23.3 Å². The summed E-state index contributed by atoms with van der Waals surface area (Å²) in [6.45, 7) is 2.83. The summed E-state index contributed by atoms with van der Waals surface area (Å²) in [5.41, 5.74) is 2.43. The number of hydrogen-bond acceptors (Lipinski definition) is 4. The zero-order valence-electron chi connectivity index (χ0n) is 12.7. The van der Waals surface area contributed by atoms with Crippen LogP contribution >= 0.6 is 0 Å². The van der Waals surface area contributed by atoms with Crippen LogP contribution in [0.5, 0.6) is 11.5 Å². The molecule has 0 atom stereocenters. The largest absolute Gasteiger partial charge is 0.493 e. The second kappa shape index (κ2) is 7.50. The first-order valence-corrected chi connectivity index (χ1v) is 7.22. The lowest BCUT2D eigenvalue weighted by atomic mass is 9.88. The lowest BCUT2D eigenvalue weighted by Gasteiger charge is -2.25. The van der Waals surface area contributed by atoms with Gasteiger partial charge in [0.05, 0.1) is 20.8 Å². The minimum absolute atomic E-state index is 0.612. The molecule has 0 bridgehead atoms. The molecule has 0 aliphatic carbocycles. The quantitative estimate of drug-likeness (QED) is 0.868. The summed E-state index contributed by atoms with van der Waals surface area (Å²) < 4.78 is 16.3. The van der Waals surface area contributed by atoms with E-state index in [0.29, 0.717) is 12.5 Å². The lowest BCUT2D eigenvalue weighted by molar-refractivity contribution is 0.183. The summed E-state index contributed by atoms with van der Waals surface area (Å²) in [5, 5.41) is 3.41. The molecule has 0 spiro atoms. The summed E-state index contributed by atoms with van der Waals surface area (Å²) in [6.07, 6.45) is 3.46. The molecule has 0 unspecified atom stereocenters. The van der Waals surface area contributed by atoms with E-state index in [1.807, 2.05) is 6.07 Å². The molecule has 1 fully saturated rings. The summed E-state index contributed by atoms with van der Waals surface area (Å²) in [4.78, 5) is 0. The Bertz CT molecular complexity index is 428. The smallest absolute Gasteiger partial charge is 0.164 e. The molecule has 112 valence electrons. The highest BCUT2D eigenvalue weighted by molar-refractivity contribution is 5.51. The molecule has 0 amide bonds.